The Morgan fingerprint density at radius 2 is 2.05 bits per heavy atom. The topological polar surface area (TPSA) is 62.4 Å². The van der Waals surface area contributed by atoms with E-state index in [1.807, 2.05) is 0 Å². The molecular formula is C16H19N3O2. The zero-order chi connectivity index (χ0) is 14.2. The summed E-state index contributed by atoms with van der Waals surface area (Å²) in [5.41, 5.74) is 3.85. The highest BCUT2D eigenvalue weighted by molar-refractivity contribution is 5.63. The zero-order valence-electron chi connectivity index (χ0n) is 11.9. The maximum atomic E-state index is 9.68. The van der Waals surface area contributed by atoms with Crippen molar-refractivity contribution in [2.45, 2.75) is 37.8 Å². The van der Waals surface area contributed by atoms with Crippen LogP contribution in [0.1, 0.15) is 36.4 Å². The molecule has 5 nitrogen and oxygen atoms in total. The highest BCUT2D eigenvalue weighted by Crippen LogP contribution is 2.40. The van der Waals surface area contributed by atoms with Crippen LogP contribution in [0.4, 0.5) is 0 Å². The summed E-state index contributed by atoms with van der Waals surface area (Å²) in [6, 6.07) is 6.86. The van der Waals surface area contributed by atoms with E-state index in [-0.39, 0.29) is 6.10 Å². The van der Waals surface area contributed by atoms with Crippen molar-refractivity contribution < 1.29 is 9.63 Å². The number of likely N-dealkylation sites (tertiary alicyclic amines) is 1. The van der Waals surface area contributed by atoms with Gasteiger partial charge in [-0.25, -0.2) is 0 Å². The van der Waals surface area contributed by atoms with Crippen LogP contribution < -0.4 is 0 Å². The van der Waals surface area contributed by atoms with Crippen molar-refractivity contribution in [3.05, 3.63) is 35.7 Å². The number of aliphatic hydroxyl groups is 1. The Morgan fingerprint density at radius 1 is 1.19 bits per heavy atom. The highest BCUT2D eigenvalue weighted by Gasteiger charge is 2.32. The van der Waals surface area contributed by atoms with Crippen LogP contribution in [0, 0.1) is 0 Å². The van der Waals surface area contributed by atoms with Crippen LogP contribution in [-0.2, 0) is 6.42 Å². The standard InChI is InChI=1S/C16H19N3O2/c20-11-6-8-19(9-7-11)15-5-4-12-13(15)2-1-3-14(12)16-17-10-21-18-16/h1-3,10-11,15,20H,4-9H2. The summed E-state index contributed by atoms with van der Waals surface area (Å²) in [5, 5.41) is 13.7. The summed E-state index contributed by atoms with van der Waals surface area (Å²) in [6.07, 6.45) is 5.23. The molecule has 0 spiro atoms. The molecule has 2 aromatic rings. The quantitative estimate of drug-likeness (QED) is 0.916. The van der Waals surface area contributed by atoms with Crippen LogP contribution in [0.5, 0.6) is 0 Å². The maximum Gasteiger partial charge on any atom is 0.214 e. The molecule has 1 aromatic heterocycles. The molecule has 1 unspecified atom stereocenters. The third kappa shape index (κ3) is 2.26. The maximum absolute atomic E-state index is 9.68. The lowest BCUT2D eigenvalue weighted by Gasteiger charge is -2.34. The molecule has 21 heavy (non-hydrogen) atoms. The number of hydrogen-bond acceptors (Lipinski definition) is 5. The van der Waals surface area contributed by atoms with E-state index in [1.54, 1.807) is 0 Å². The third-order valence-electron chi connectivity index (χ3n) is 4.78. The van der Waals surface area contributed by atoms with E-state index in [1.165, 1.54) is 17.5 Å². The predicted molar refractivity (Wildman–Crippen MR) is 77.6 cm³/mol. The number of rotatable bonds is 2. The molecule has 1 aliphatic heterocycles. The zero-order valence-corrected chi connectivity index (χ0v) is 11.9. The number of nitrogens with zero attached hydrogens (tertiary/aromatic N) is 3. The van der Waals surface area contributed by atoms with Gasteiger partial charge in [0.1, 0.15) is 0 Å². The van der Waals surface area contributed by atoms with Gasteiger partial charge in [0.15, 0.2) is 0 Å². The summed E-state index contributed by atoms with van der Waals surface area (Å²) in [7, 11) is 0. The molecule has 5 heteroatoms. The van der Waals surface area contributed by atoms with Gasteiger partial charge in [-0.1, -0.05) is 23.4 Å². The Labute approximate surface area is 123 Å². The monoisotopic (exact) mass is 285 g/mol. The fourth-order valence-electron chi connectivity index (χ4n) is 3.71. The molecule has 1 N–H and O–H groups in total. The number of hydrogen-bond donors (Lipinski definition) is 1. The molecule has 0 bridgehead atoms. The molecule has 4 rings (SSSR count). The molecule has 0 saturated carbocycles. The lowest BCUT2D eigenvalue weighted by Crippen LogP contribution is -2.37. The van der Waals surface area contributed by atoms with E-state index in [2.05, 4.69) is 33.2 Å². The average molecular weight is 285 g/mol. The van der Waals surface area contributed by atoms with Gasteiger partial charge in [0.05, 0.1) is 6.10 Å². The lowest BCUT2D eigenvalue weighted by atomic mass is 9.99. The normalized spacial score (nSPS) is 23.4. The van der Waals surface area contributed by atoms with Crippen LogP contribution in [0.3, 0.4) is 0 Å². The van der Waals surface area contributed by atoms with E-state index in [4.69, 9.17) is 4.52 Å². The summed E-state index contributed by atoms with van der Waals surface area (Å²) in [5.74, 6) is 0.682. The SMILES string of the molecule is OC1CCN(C2CCc3c(-c4ncon4)cccc32)CC1. The van der Waals surface area contributed by atoms with Crippen LogP contribution in [0.15, 0.2) is 29.1 Å². The molecule has 1 aliphatic carbocycles. The Morgan fingerprint density at radius 3 is 2.81 bits per heavy atom. The molecule has 2 aliphatic rings. The van der Waals surface area contributed by atoms with Gasteiger partial charge < -0.3 is 9.63 Å². The molecule has 1 aromatic carbocycles. The van der Waals surface area contributed by atoms with Crippen molar-refractivity contribution in [1.29, 1.82) is 0 Å². The van der Waals surface area contributed by atoms with Gasteiger partial charge in [0.2, 0.25) is 12.2 Å². The molecule has 1 atom stereocenters. The Bertz CT molecular complexity index is 618. The second-order valence-electron chi connectivity index (χ2n) is 5.95. The number of piperidine rings is 1. The first-order valence-electron chi connectivity index (χ1n) is 7.63. The van der Waals surface area contributed by atoms with Crippen molar-refractivity contribution in [2.75, 3.05) is 13.1 Å². The second-order valence-corrected chi connectivity index (χ2v) is 5.95. The van der Waals surface area contributed by atoms with Gasteiger partial charge in [-0.2, -0.15) is 4.98 Å². The van der Waals surface area contributed by atoms with E-state index in [0.29, 0.717) is 11.9 Å². The largest absolute Gasteiger partial charge is 0.393 e. The molecule has 0 radical (unpaired) electrons. The Hall–Kier alpha value is -1.72. The van der Waals surface area contributed by atoms with Gasteiger partial charge in [-0.05, 0) is 36.8 Å². The lowest BCUT2D eigenvalue weighted by molar-refractivity contribution is 0.0606. The Balaban J connectivity index is 1.65. The number of fused-ring (bicyclic) bond motifs is 1. The van der Waals surface area contributed by atoms with Crippen LogP contribution >= 0.6 is 0 Å². The fourth-order valence-corrected chi connectivity index (χ4v) is 3.71. The van der Waals surface area contributed by atoms with Crippen molar-refractivity contribution in [3.63, 3.8) is 0 Å². The summed E-state index contributed by atoms with van der Waals surface area (Å²) < 4.78 is 4.88. The third-order valence-corrected chi connectivity index (χ3v) is 4.78. The van der Waals surface area contributed by atoms with E-state index in [0.717, 1.165) is 44.3 Å². The van der Waals surface area contributed by atoms with Gasteiger partial charge >= 0.3 is 0 Å². The number of aromatic nitrogens is 2. The summed E-state index contributed by atoms with van der Waals surface area (Å²) >= 11 is 0. The Kier molecular flexibility index (Phi) is 3.24. The molecule has 1 saturated heterocycles. The van der Waals surface area contributed by atoms with Gasteiger partial charge in [-0.15, -0.1) is 0 Å². The van der Waals surface area contributed by atoms with Crippen LogP contribution in [-0.4, -0.2) is 39.3 Å². The van der Waals surface area contributed by atoms with E-state index < -0.39 is 0 Å². The second kappa shape index (κ2) is 5.24. The highest BCUT2D eigenvalue weighted by atomic mass is 16.5. The van der Waals surface area contributed by atoms with Crippen molar-refractivity contribution in [1.82, 2.24) is 15.0 Å². The van der Waals surface area contributed by atoms with Gasteiger partial charge in [-0.3, -0.25) is 4.90 Å². The molecule has 110 valence electrons. The van der Waals surface area contributed by atoms with E-state index >= 15 is 0 Å². The first-order chi connectivity index (χ1) is 10.3. The van der Waals surface area contributed by atoms with Gasteiger partial charge in [0, 0.05) is 24.7 Å². The van der Waals surface area contributed by atoms with Crippen molar-refractivity contribution >= 4 is 0 Å². The summed E-state index contributed by atoms with van der Waals surface area (Å²) in [6.45, 7) is 1.97. The minimum absolute atomic E-state index is 0.118. The first kappa shape index (κ1) is 13.0. The van der Waals surface area contributed by atoms with Crippen molar-refractivity contribution in [2.24, 2.45) is 0 Å². The number of aliphatic hydroxyl groups excluding tert-OH is 1. The summed E-state index contributed by atoms with van der Waals surface area (Å²) in [4.78, 5) is 6.70. The van der Waals surface area contributed by atoms with E-state index in [9.17, 15) is 5.11 Å². The van der Waals surface area contributed by atoms with Crippen LogP contribution in [0.25, 0.3) is 11.4 Å². The minimum atomic E-state index is -0.118. The predicted octanol–water partition coefficient (Wildman–Crippen LogP) is 2.18. The molecule has 1 fully saturated rings. The van der Waals surface area contributed by atoms with Gasteiger partial charge in [0.25, 0.3) is 0 Å². The molecule has 2 heterocycles. The number of benzene rings is 1. The van der Waals surface area contributed by atoms with Crippen LogP contribution in [0.2, 0.25) is 0 Å². The molecule has 0 amide bonds. The first-order valence-corrected chi connectivity index (χ1v) is 7.63. The fraction of sp³-hybridized carbons (Fsp3) is 0.500. The minimum Gasteiger partial charge on any atom is -0.393 e. The smallest absolute Gasteiger partial charge is 0.214 e. The average Bonchev–Trinajstić information content (AvgIpc) is 3.17. The molecular weight excluding hydrogens is 266 g/mol. The van der Waals surface area contributed by atoms with Crippen molar-refractivity contribution in [3.8, 4) is 11.4 Å².